The van der Waals surface area contributed by atoms with Crippen LogP contribution in [0.2, 0.25) is 0 Å². The highest BCUT2D eigenvalue weighted by Gasteiger charge is 2.00. The summed E-state index contributed by atoms with van der Waals surface area (Å²) in [5.41, 5.74) is 6.70. The third-order valence-corrected chi connectivity index (χ3v) is 3.26. The van der Waals surface area contributed by atoms with E-state index in [2.05, 4.69) is 0 Å². The summed E-state index contributed by atoms with van der Waals surface area (Å²) in [6.07, 6.45) is 0. The van der Waals surface area contributed by atoms with E-state index in [9.17, 15) is 4.39 Å². The fourth-order valence-corrected chi connectivity index (χ4v) is 2.09. The van der Waals surface area contributed by atoms with Crippen molar-refractivity contribution in [3.8, 4) is 0 Å². The molecule has 0 fully saturated rings. The van der Waals surface area contributed by atoms with Gasteiger partial charge < -0.3 is 10.5 Å². The lowest BCUT2D eigenvalue weighted by Crippen LogP contribution is -1.93. The van der Waals surface area contributed by atoms with Gasteiger partial charge in [0, 0.05) is 4.90 Å². The molecule has 0 spiro atoms. The number of rotatable bonds is 5. The predicted molar refractivity (Wildman–Crippen MR) is 72.8 cm³/mol. The average molecular weight is 263 g/mol. The van der Waals surface area contributed by atoms with Crippen LogP contribution in [0.1, 0.15) is 5.56 Å². The second kappa shape index (κ2) is 6.42. The summed E-state index contributed by atoms with van der Waals surface area (Å²) < 4.78 is 18.7. The Labute approximate surface area is 110 Å². The first kappa shape index (κ1) is 12.9. The Balaban J connectivity index is 1.77. The van der Waals surface area contributed by atoms with Gasteiger partial charge in [0.1, 0.15) is 5.82 Å². The first-order chi connectivity index (χ1) is 8.75. The maximum Gasteiger partial charge on any atom is 0.147 e. The second-order valence-corrected chi connectivity index (χ2v) is 4.78. The van der Waals surface area contributed by atoms with E-state index in [4.69, 9.17) is 10.5 Å². The molecule has 0 saturated heterocycles. The van der Waals surface area contributed by atoms with Gasteiger partial charge in [-0.2, -0.15) is 0 Å². The summed E-state index contributed by atoms with van der Waals surface area (Å²) in [6.45, 7) is 0.561. The molecule has 0 aliphatic rings. The van der Waals surface area contributed by atoms with Crippen LogP contribution in [0.5, 0.6) is 0 Å². The molecule has 0 saturated carbocycles. The molecule has 0 aliphatic carbocycles. The first-order valence-corrected chi connectivity index (χ1v) is 6.54. The molecule has 0 aliphatic heterocycles. The van der Waals surface area contributed by atoms with Gasteiger partial charge in [0.2, 0.25) is 0 Å². The van der Waals surface area contributed by atoms with Crippen LogP contribution in [-0.4, -0.2) is 5.94 Å². The monoisotopic (exact) mass is 263 g/mol. The summed E-state index contributed by atoms with van der Waals surface area (Å²) in [6, 6.07) is 14.7. The van der Waals surface area contributed by atoms with Gasteiger partial charge in [-0.25, -0.2) is 4.39 Å². The summed E-state index contributed by atoms with van der Waals surface area (Å²) in [5, 5.41) is 0. The van der Waals surface area contributed by atoms with Crippen molar-refractivity contribution >= 4 is 17.4 Å². The van der Waals surface area contributed by atoms with Crippen molar-refractivity contribution in [3.05, 3.63) is 59.9 Å². The van der Waals surface area contributed by atoms with E-state index in [0.717, 1.165) is 10.5 Å². The minimum atomic E-state index is -0.386. The standard InChI is InChI=1S/C14H14FNOS/c15-13-8-12(6-7-14(13)16)18-10-17-9-11-4-2-1-3-5-11/h1-8H,9-10,16H2. The van der Waals surface area contributed by atoms with Gasteiger partial charge in [-0.1, -0.05) is 42.1 Å². The second-order valence-electron chi connectivity index (χ2n) is 3.78. The molecule has 0 atom stereocenters. The van der Waals surface area contributed by atoms with Crippen molar-refractivity contribution in [2.24, 2.45) is 0 Å². The SMILES string of the molecule is Nc1ccc(SCOCc2ccccc2)cc1F. The Morgan fingerprint density at radius 3 is 2.61 bits per heavy atom. The number of nitrogens with two attached hydrogens (primary N) is 1. The highest BCUT2D eigenvalue weighted by atomic mass is 32.2. The van der Waals surface area contributed by atoms with Crippen molar-refractivity contribution < 1.29 is 9.13 Å². The zero-order valence-corrected chi connectivity index (χ0v) is 10.6. The molecule has 2 aromatic carbocycles. The van der Waals surface area contributed by atoms with Crippen LogP contribution in [0.4, 0.5) is 10.1 Å². The fourth-order valence-electron chi connectivity index (χ4n) is 1.44. The summed E-state index contributed by atoms with van der Waals surface area (Å²) >= 11 is 1.44. The Hall–Kier alpha value is -1.52. The maximum absolute atomic E-state index is 13.2. The Morgan fingerprint density at radius 2 is 1.89 bits per heavy atom. The third kappa shape index (κ3) is 3.75. The van der Waals surface area contributed by atoms with Gasteiger partial charge in [-0.05, 0) is 23.8 Å². The molecule has 0 amide bonds. The van der Waals surface area contributed by atoms with Gasteiger partial charge in [0.15, 0.2) is 0 Å². The molecule has 2 aromatic rings. The third-order valence-electron chi connectivity index (χ3n) is 2.39. The van der Waals surface area contributed by atoms with E-state index in [-0.39, 0.29) is 11.5 Å². The lowest BCUT2D eigenvalue weighted by atomic mass is 10.2. The maximum atomic E-state index is 13.2. The number of benzene rings is 2. The molecule has 0 heterocycles. The molecule has 94 valence electrons. The number of hydrogen-bond acceptors (Lipinski definition) is 3. The Morgan fingerprint density at radius 1 is 1.11 bits per heavy atom. The number of hydrogen-bond donors (Lipinski definition) is 1. The summed E-state index contributed by atoms with van der Waals surface area (Å²) in [5.74, 6) is 0.0983. The quantitative estimate of drug-likeness (QED) is 0.387. The zero-order chi connectivity index (χ0) is 12.8. The highest BCUT2D eigenvalue weighted by Crippen LogP contribution is 2.22. The summed E-state index contributed by atoms with van der Waals surface area (Å²) in [7, 11) is 0. The van der Waals surface area contributed by atoms with Gasteiger partial charge in [-0.15, -0.1) is 0 Å². The molecule has 2 nitrogen and oxygen atoms in total. The molecule has 2 rings (SSSR count). The van der Waals surface area contributed by atoms with E-state index < -0.39 is 0 Å². The predicted octanol–water partition coefficient (Wildman–Crippen LogP) is 3.67. The van der Waals surface area contributed by atoms with Crippen LogP contribution in [0.15, 0.2) is 53.4 Å². The molecule has 18 heavy (non-hydrogen) atoms. The van der Waals surface area contributed by atoms with Gasteiger partial charge in [-0.3, -0.25) is 0 Å². The van der Waals surface area contributed by atoms with E-state index in [1.54, 1.807) is 12.1 Å². The number of nitrogen functional groups attached to an aromatic ring is 1. The molecule has 0 unspecified atom stereocenters. The number of ether oxygens (including phenoxy) is 1. The highest BCUT2D eigenvalue weighted by molar-refractivity contribution is 7.99. The smallest absolute Gasteiger partial charge is 0.147 e. The lowest BCUT2D eigenvalue weighted by molar-refractivity contribution is 0.169. The first-order valence-electron chi connectivity index (χ1n) is 5.55. The minimum Gasteiger partial charge on any atom is -0.396 e. The van der Waals surface area contributed by atoms with Gasteiger partial charge in [0.25, 0.3) is 0 Å². The van der Waals surface area contributed by atoms with Crippen molar-refractivity contribution in [2.75, 3.05) is 11.7 Å². The van der Waals surface area contributed by atoms with E-state index in [1.165, 1.54) is 17.8 Å². The molecular formula is C14H14FNOS. The molecule has 4 heteroatoms. The zero-order valence-electron chi connectivity index (χ0n) is 9.80. The van der Waals surface area contributed by atoms with Crippen molar-refractivity contribution in [1.29, 1.82) is 0 Å². The van der Waals surface area contributed by atoms with Gasteiger partial charge in [0.05, 0.1) is 18.2 Å². The van der Waals surface area contributed by atoms with Crippen molar-refractivity contribution in [1.82, 2.24) is 0 Å². The van der Waals surface area contributed by atoms with E-state index in [0.29, 0.717) is 12.5 Å². The van der Waals surface area contributed by atoms with Crippen LogP contribution in [-0.2, 0) is 11.3 Å². The summed E-state index contributed by atoms with van der Waals surface area (Å²) in [4.78, 5) is 0.815. The Kier molecular flexibility index (Phi) is 4.61. The largest absolute Gasteiger partial charge is 0.396 e. The van der Waals surface area contributed by atoms with E-state index >= 15 is 0 Å². The molecule has 2 N–H and O–H groups in total. The fraction of sp³-hybridized carbons (Fsp3) is 0.143. The number of anilines is 1. The van der Waals surface area contributed by atoms with Crippen LogP contribution in [0, 0.1) is 5.82 Å². The minimum absolute atomic E-state index is 0.171. The van der Waals surface area contributed by atoms with Crippen LogP contribution in [0.25, 0.3) is 0 Å². The Bertz CT molecular complexity index is 504. The lowest BCUT2D eigenvalue weighted by Gasteiger charge is -2.05. The van der Waals surface area contributed by atoms with E-state index in [1.807, 2.05) is 30.3 Å². The number of halogens is 1. The topological polar surface area (TPSA) is 35.2 Å². The number of thioether (sulfide) groups is 1. The van der Waals surface area contributed by atoms with Crippen LogP contribution in [0.3, 0.4) is 0 Å². The van der Waals surface area contributed by atoms with Crippen LogP contribution < -0.4 is 5.73 Å². The molecule has 0 radical (unpaired) electrons. The van der Waals surface area contributed by atoms with Gasteiger partial charge >= 0.3 is 0 Å². The molecule has 0 bridgehead atoms. The van der Waals surface area contributed by atoms with Crippen LogP contribution >= 0.6 is 11.8 Å². The van der Waals surface area contributed by atoms with Crippen molar-refractivity contribution in [2.45, 2.75) is 11.5 Å². The molecular weight excluding hydrogens is 249 g/mol. The average Bonchev–Trinajstić information content (AvgIpc) is 2.40. The van der Waals surface area contributed by atoms with Crippen molar-refractivity contribution in [3.63, 3.8) is 0 Å². The molecule has 0 aromatic heterocycles. The normalized spacial score (nSPS) is 10.5.